The first-order valence-corrected chi connectivity index (χ1v) is 9.73. The molecule has 0 fully saturated rings. The van der Waals surface area contributed by atoms with Crippen LogP contribution < -0.4 is 5.73 Å². The minimum absolute atomic E-state index is 0. The van der Waals surface area contributed by atoms with Crippen LogP contribution in [0.4, 0.5) is 0 Å². The van der Waals surface area contributed by atoms with Gasteiger partial charge in [-0.2, -0.15) is 0 Å². The molecule has 3 aromatic heterocycles. The maximum atomic E-state index is 8.98. The van der Waals surface area contributed by atoms with Crippen molar-refractivity contribution in [2.75, 3.05) is 6.61 Å². The van der Waals surface area contributed by atoms with Gasteiger partial charge in [0.05, 0.1) is 3.79 Å². The molecule has 0 saturated carbocycles. The summed E-state index contributed by atoms with van der Waals surface area (Å²) in [5.74, 6) is 0. The summed E-state index contributed by atoms with van der Waals surface area (Å²) in [6.45, 7) is 0.130. The van der Waals surface area contributed by atoms with Gasteiger partial charge in [-0.15, -0.1) is 46.4 Å². The van der Waals surface area contributed by atoms with Crippen LogP contribution in [0.1, 0.15) is 17.3 Å². The van der Waals surface area contributed by atoms with Gasteiger partial charge in [0.1, 0.15) is 0 Å². The van der Waals surface area contributed by atoms with Crippen LogP contribution in [0.3, 0.4) is 0 Å². The highest BCUT2D eigenvalue weighted by Crippen LogP contribution is 2.41. The monoisotopic (exact) mass is 435 g/mol. The summed E-state index contributed by atoms with van der Waals surface area (Å²) < 4.78 is 1.15. The molecule has 3 N–H and O–H groups in total. The Labute approximate surface area is 156 Å². The number of aliphatic hydroxyl groups is 1. The fourth-order valence-electron chi connectivity index (χ4n) is 2.02. The van der Waals surface area contributed by atoms with Gasteiger partial charge in [0, 0.05) is 37.0 Å². The Morgan fingerprint density at radius 2 is 1.45 bits per heavy atom. The van der Waals surface area contributed by atoms with E-state index in [1.165, 1.54) is 19.5 Å². The zero-order valence-electron chi connectivity index (χ0n) is 11.5. The molecule has 0 aliphatic heterocycles. The Morgan fingerprint density at radius 1 is 0.909 bits per heavy atom. The van der Waals surface area contributed by atoms with Crippen molar-refractivity contribution < 1.29 is 5.11 Å². The molecule has 0 aromatic carbocycles. The molecule has 2 nitrogen and oxygen atoms in total. The van der Waals surface area contributed by atoms with Gasteiger partial charge in [-0.05, 0) is 58.7 Å². The maximum absolute atomic E-state index is 8.98. The number of halogens is 2. The van der Waals surface area contributed by atoms with Gasteiger partial charge in [-0.3, -0.25) is 0 Å². The van der Waals surface area contributed by atoms with Gasteiger partial charge in [0.2, 0.25) is 0 Å². The molecule has 0 bridgehead atoms. The molecule has 0 amide bonds. The van der Waals surface area contributed by atoms with Crippen molar-refractivity contribution in [1.82, 2.24) is 0 Å². The van der Waals surface area contributed by atoms with E-state index in [-0.39, 0.29) is 25.1 Å². The van der Waals surface area contributed by atoms with Gasteiger partial charge in [-0.1, -0.05) is 0 Å². The van der Waals surface area contributed by atoms with Crippen LogP contribution in [0.5, 0.6) is 0 Å². The largest absolute Gasteiger partial charge is 0.396 e. The van der Waals surface area contributed by atoms with Gasteiger partial charge < -0.3 is 10.8 Å². The molecule has 7 heteroatoms. The molecule has 22 heavy (non-hydrogen) atoms. The van der Waals surface area contributed by atoms with E-state index in [0.29, 0.717) is 6.42 Å². The molecular formula is C15H15BrClNOS3. The molecule has 0 spiro atoms. The van der Waals surface area contributed by atoms with Gasteiger partial charge in [0.15, 0.2) is 0 Å². The average molecular weight is 437 g/mol. The third-order valence-electron chi connectivity index (χ3n) is 3.10. The quantitative estimate of drug-likeness (QED) is 0.533. The summed E-state index contributed by atoms with van der Waals surface area (Å²) in [5, 5.41) is 8.98. The predicted octanol–water partition coefficient (Wildman–Crippen LogP) is 5.77. The molecular weight excluding hydrogens is 422 g/mol. The summed E-state index contributed by atoms with van der Waals surface area (Å²) in [6, 6.07) is 12.7. The Bertz CT molecular complexity index is 737. The van der Waals surface area contributed by atoms with Crippen LogP contribution in [-0.4, -0.2) is 11.7 Å². The number of hydrogen-bond acceptors (Lipinski definition) is 5. The summed E-state index contributed by atoms with van der Waals surface area (Å²) in [6.07, 6.45) is 0.610. The fraction of sp³-hybridized carbons (Fsp3) is 0.200. The third kappa shape index (κ3) is 4.00. The van der Waals surface area contributed by atoms with Crippen molar-refractivity contribution in [3.8, 4) is 19.5 Å². The first-order valence-electron chi connectivity index (χ1n) is 6.49. The molecule has 1 atom stereocenters. The van der Waals surface area contributed by atoms with E-state index >= 15 is 0 Å². The third-order valence-corrected chi connectivity index (χ3v) is 7.41. The molecule has 0 radical (unpaired) electrons. The van der Waals surface area contributed by atoms with Gasteiger partial charge in [-0.25, -0.2) is 0 Å². The van der Waals surface area contributed by atoms with Crippen molar-refractivity contribution in [3.63, 3.8) is 0 Å². The van der Waals surface area contributed by atoms with E-state index in [9.17, 15) is 0 Å². The van der Waals surface area contributed by atoms with Crippen molar-refractivity contribution >= 4 is 62.3 Å². The fourth-order valence-corrected chi connectivity index (χ4v) is 5.63. The lowest BCUT2D eigenvalue weighted by molar-refractivity contribution is 0.277. The summed E-state index contributed by atoms with van der Waals surface area (Å²) in [7, 11) is 0. The standard InChI is InChI=1S/C15H14BrNOS3.ClH/c16-15-6-5-14(21-15)13-4-3-12(20-13)11-2-1-10(19-11)9(17)7-8-18;/h1-6,9,18H,7-8,17H2;1H. The second-order valence-corrected chi connectivity index (χ2v) is 9.25. The normalized spacial score (nSPS) is 12.1. The minimum atomic E-state index is -0.0681. The van der Waals surface area contributed by atoms with Gasteiger partial charge >= 0.3 is 0 Å². The van der Waals surface area contributed by atoms with E-state index in [0.717, 1.165) is 8.66 Å². The van der Waals surface area contributed by atoms with Crippen molar-refractivity contribution in [2.24, 2.45) is 5.73 Å². The van der Waals surface area contributed by atoms with Crippen molar-refractivity contribution in [3.05, 3.63) is 45.1 Å². The van der Waals surface area contributed by atoms with E-state index in [1.807, 2.05) is 0 Å². The number of rotatable bonds is 5. The molecule has 3 aromatic rings. The maximum Gasteiger partial charge on any atom is 0.0705 e. The van der Waals surface area contributed by atoms with E-state index < -0.39 is 0 Å². The van der Waals surface area contributed by atoms with Crippen LogP contribution in [0.2, 0.25) is 0 Å². The second kappa shape index (κ2) is 8.06. The summed E-state index contributed by atoms with van der Waals surface area (Å²) >= 11 is 8.77. The molecule has 0 saturated heterocycles. The van der Waals surface area contributed by atoms with Crippen molar-refractivity contribution in [1.29, 1.82) is 0 Å². The van der Waals surface area contributed by atoms with E-state index in [1.54, 1.807) is 34.0 Å². The summed E-state index contributed by atoms with van der Waals surface area (Å²) in [4.78, 5) is 6.21. The highest BCUT2D eigenvalue weighted by molar-refractivity contribution is 9.11. The first-order chi connectivity index (χ1) is 10.2. The topological polar surface area (TPSA) is 46.2 Å². The second-order valence-electron chi connectivity index (χ2n) is 4.59. The number of thiophene rings is 3. The van der Waals surface area contributed by atoms with Crippen LogP contribution >= 0.6 is 62.3 Å². The first kappa shape index (κ1) is 18.1. The molecule has 0 aliphatic carbocycles. The lowest BCUT2D eigenvalue weighted by Crippen LogP contribution is -2.09. The Hall–Kier alpha value is -0.210. The molecule has 3 heterocycles. The summed E-state index contributed by atoms with van der Waals surface area (Å²) in [5.41, 5.74) is 6.05. The molecule has 1 unspecified atom stereocenters. The molecule has 3 rings (SSSR count). The highest BCUT2D eigenvalue weighted by atomic mass is 79.9. The number of hydrogen-bond donors (Lipinski definition) is 2. The Morgan fingerprint density at radius 3 is 2.05 bits per heavy atom. The van der Waals surface area contributed by atoms with Crippen LogP contribution in [0.15, 0.2) is 40.2 Å². The van der Waals surface area contributed by atoms with Crippen LogP contribution in [0.25, 0.3) is 19.5 Å². The zero-order valence-corrected chi connectivity index (χ0v) is 16.3. The molecule has 118 valence electrons. The number of nitrogens with two attached hydrogens (primary N) is 1. The smallest absolute Gasteiger partial charge is 0.0705 e. The minimum Gasteiger partial charge on any atom is -0.396 e. The zero-order chi connectivity index (χ0) is 14.8. The SMILES string of the molecule is Cl.NC(CCO)c1ccc(-c2ccc(-c3ccc(Br)s3)s2)s1. The van der Waals surface area contributed by atoms with Crippen LogP contribution in [-0.2, 0) is 0 Å². The molecule has 0 aliphatic rings. The lowest BCUT2D eigenvalue weighted by Gasteiger charge is -2.05. The average Bonchev–Trinajstić information content (AvgIpc) is 3.18. The van der Waals surface area contributed by atoms with E-state index in [4.69, 9.17) is 10.8 Å². The Kier molecular flexibility index (Phi) is 6.64. The van der Waals surface area contributed by atoms with Crippen LogP contribution in [0, 0.1) is 0 Å². The van der Waals surface area contributed by atoms with Crippen molar-refractivity contribution in [2.45, 2.75) is 12.5 Å². The Balaban J connectivity index is 0.00000176. The van der Waals surface area contributed by atoms with Gasteiger partial charge in [0.25, 0.3) is 0 Å². The lowest BCUT2D eigenvalue weighted by atomic mass is 10.2. The predicted molar refractivity (Wildman–Crippen MR) is 105 cm³/mol. The number of aliphatic hydroxyl groups excluding tert-OH is 1. The highest BCUT2D eigenvalue weighted by Gasteiger charge is 2.12. The van der Waals surface area contributed by atoms with E-state index in [2.05, 4.69) is 52.3 Å².